The van der Waals surface area contributed by atoms with Gasteiger partial charge in [-0.05, 0) is 30.0 Å². The van der Waals surface area contributed by atoms with Crippen molar-refractivity contribution in [2.24, 2.45) is 17.1 Å². The number of ether oxygens (including phenoxy) is 1. The van der Waals surface area contributed by atoms with Gasteiger partial charge >= 0.3 is 0 Å². The van der Waals surface area contributed by atoms with Crippen LogP contribution in [0.2, 0.25) is 0 Å². The Bertz CT molecular complexity index is 343. The van der Waals surface area contributed by atoms with Crippen LogP contribution in [0.3, 0.4) is 0 Å². The standard InChI is InChI=1S/C12H19NO2/c1-12(2)9(6-13)11(12)10-5-4-8(15-10)7-14-3/h4-5,9,11H,6-7,13H2,1-3H3/t9-,11+/m1/s1. The van der Waals surface area contributed by atoms with E-state index in [0.29, 0.717) is 18.4 Å². The van der Waals surface area contributed by atoms with Crippen molar-refractivity contribution in [3.05, 3.63) is 23.7 Å². The summed E-state index contributed by atoms with van der Waals surface area (Å²) in [4.78, 5) is 0. The van der Waals surface area contributed by atoms with Gasteiger partial charge in [0.1, 0.15) is 18.1 Å². The Kier molecular flexibility index (Phi) is 2.61. The highest BCUT2D eigenvalue weighted by atomic mass is 16.5. The Morgan fingerprint density at radius 2 is 2.20 bits per heavy atom. The Balaban J connectivity index is 2.11. The summed E-state index contributed by atoms with van der Waals surface area (Å²) in [5, 5.41) is 0. The quantitative estimate of drug-likeness (QED) is 0.826. The Labute approximate surface area is 90.6 Å². The SMILES string of the molecule is COCc1ccc([C@@H]2[C@@H](CN)C2(C)C)o1. The minimum Gasteiger partial charge on any atom is -0.463 e. The van der Waals surface area contributed by atoms with E-state index >= 15 is 0 Å². The molecule has 0 amide bonds. The van der Waals surface area contributed by atoms with Crippen LogP contribution in [-0.2, 0) is 11.3 Å². The lowest BCUT2D eigenvalue weighted by Gasteiger charge is -1.99. The molecule has 0 aliphatic heterocycles. The zero-order valence-corrected chi connectivity index (χ0v) is 9.62. The van der Waals surface area contributed by atoms with Gasteiger partial charge in [0.25, 0.3) is 0 Å². The molecule has 2 atom stereocenters. The monoisotopic (exact) mass is 209 g/mol. The summed E-state index contributed by atoms with van der Waals surface area (Å²) < 4.78 is 10.8. The van der Waals surface area contributed by atoms with Gasteiger partial charge in [-0.2, -0.15) is 0 Å². The predicted octanol–water partition coefficient (Wildman–Crippen LogP) is 2.12. The molecule has 1 aliphatic carbocycles. The summed E-state index contributed by atoms with van der Waals surface area (Å²) in [5.41, 5.74) is 6.02. The third-order valence-electron chi connectivity index (χ3n) is 3.58. The molecule has 15 heavy (non-hydrogen) atoms. The first-order valence-electron chi connectivity index (χ1n) is 5.39. The van der Waals surface area contributed by atoms with Crippen LogP contribution in [0.25, 0.3) is 0 Å². The molecule has 0 unspecified atom stereocenters. The minimum absolute atomic E-state index is 0.289. The second kappa shape index (κ2) is 3.65. The summed E-state index contributed by atoms with van der Waals surface area (Å²) in [6, 6.07) is 4.04. The van der Waals surface area contributed by atoms with Gasteiger partial charge in [-0.3, -0.25) is 0 Å². The number of rotatable bonds is 4. The van der Waals surface area contributed by atoms with Gasteiger partial charge in [0, 0.05) is 13.0 Å². The molecule has 1 fully saturated rings. The van der Waals surface area contributed by atoms with Gasteiger partial charge in [0.2, 0.25) is 0 Å². The van der Waals surface area contributed by atoms with E-state index in [2.05, 4.69) is 19.9 Å². The second-order valence-corrected chi connectivity index (χ2v) is 4.88. The molecule has 0 bridgehead atoms. The van der Waals surface area contributed by atoms with Crippen molar-refractivity contribution in [1.29, 1.82) is 0 Å². The molecule has 2 N–H and O–H groups in total. The van der Waals surface area contributed by atoms with Crippen LogP contribution < -0.4 is 5.73 Å². The zero-order valence-electron chi connectivity index (χ0n) is 9.62. The zero-order chi connectivity index (χ0) is 11.1. The molecule has 0 spiro atoms. The van der Waals surface area contributed by atoms with E-state index in [-0.39, 0.29) is 5.41 Å². The largest absolute Gasteiger partial charge is 0.463 e. The first-order valence-corrected chi connectivity index (χ1v) is 5.39. The van der Waals surface area contributed by atoms with Crippen molar-refractivity contribution in [2.45, 2.75) is 26.4 Å². The van der Waals surface area contributed by atoms with Gasteiger partial charge in [-0.25, -0.2) is 0 Å². The highest BCUT2D eigenvalue weighted by Gasteiger charge is 2.58. The van der Waals surface area contributed by atoms with E-state index in [4.69, 9.17) is 14.9 Å². The molecule has 3 heteroatoms. The molecular weight excluding hydrogens is 190 g/mol. The molecule has 1 aromatic heterocycles. The van der Waals surface area contributed by atoms with Gasteiger partial charge in [0.05, 0.1) is 0 Å². The second-order valence-electron chi connectivity index (χ2n) is 4.88. The van der Waals surface area contributed by atoms with E-state index in [1.165, 1.54) is 0 Å². The van der Waals surface area contributed by atoms with E-state index < -0.39 is 0 Å². The number of methoxy groups -OCH3 is 1. The molecular formula is C12H19NO2. The van der Waals surface area contributed by atoms with Crippen molar-refractivity contribution < 1.29 is 9.15 Å². The van der Waals surface area contributed by atoms with Gasteiger partial charge in [-0.15, -0.1) is 0 Å². The first-order chi connectivity index (χ1) is 7.11. The molecule has 2 rings (SSSR count). The smallest absolute Gasteiger partial charge is 0.129 e. The fraction of sp³-hybridized carbons (Fsp3) is 0.667. The summed E-state index contributed by atoms with van der Waals surface area (Å²) in [6.45, 7) is 5.76. The molecule has 1 heterocycles. The van der Waals surface area contributed by atoms with Crippen molar-refractivity contribution in [2.75, 3.05) is 13.7 Å². The van der Waals surface area contributed by atoms with E-state index in [1.807, 2.05) is 6.07 Å². The van der Waals surface area contributed by atoms with Crippen LogP contribution in [0.5, 0.6) is 0 Å². The van der Waals surface area contributed by atoms with Gasteiger partial charge < -0.3 is 14.9 Å². The maximum absolute atomic E-state index is 5.74. The average Bonchev–Trinajstić information content (AvgIpc) is 2.57. The highest BCUT2D eigenvalue weighted by Crippen LogP contribution is 2.63. The maximum Gasteiger partial charge on any atom is 0.129 e. The lowest BCUT2D eigenvalue weighted by molar-refractivity contribution is 0.162. The van der Waals surface area contributed by atoms with Crippen LogP contribution in [-0.4, -0.2) is 13.7 Å². The third kappa shape index (κ3) is 1.70. The van der Waals surface area contributed by atoms with E-state index in [0.717, 1.165) is 18.1 Å². The van der Waals surface area contributed by atoms with E-state index in [1.54, 1.807) is 7.11 Å². The normalized spacial score (nSPS) is 28.0. The van der Waals surface area contributed by atoms with E-state index in [9.17, 15) is 0 Å². The number of nitrogens with two attached hydrogens (primary N) is 1. The predicted molar refractivity (Wildman–Crippen MR) is 58.5 cm³/mol. The van der Waals surface area contributed by atoms with Crippen molar-refractivity contribution in [3.8, 4) is 0 Å². The Morgan fingerprint density at radius 3 is 2.73 bits per heavy atom. The van der Waals surface area contributed by atoms with Crippen LogP contribution in [0.1, 0.15) is 31.3 Å². The molecule has 1 aromatic rings. The first kappa shape index (κ1) is 10.7. The molecule has 0 saturated heterocycles. The molecule has 1 aliphatic rings. The fourth-order valence-electron chi connectivity index (χ4n) is 2.53. The fourth-order valence-corrected chi connectivity index (χ4v) is 2.53. The lowest BCUT2D eigenvalue weighted by atomic mass is 10.1. The number of hydrogen-bond donors (Lipinski definition) is 1. The summed E-state index contributed by atoms with van der Waals surface area (Å²) in [5.74, 6) is 2.99. The summed E-state index contributed by atoms with van der Waals surface area (Å²) in [6.07, 6.45) is 0. The Morgan fingerprint density at radius 1 is 1.47 bits per heavy atom. The molecule has 0 aromatic carbocycles. The molecule has 84 valence electrons. The number of hydrogen-bond acceptors (Lipinski definition) is 3. The summed E-state index contributed by atoms with van der Waals surface area (Å²) >= 11 is 0. The van der Waals surface area contributed by atoms with Crippen molar-refractivity contribution in [3.63, 3.8) is 0 Å². The minimum atomic E-state index is 0.289. The molecule has 3 nitrogen and oxygen atoms in total. The Hall–Kier alpha value is -0.800. The summed E-state index contributed by atoms with van der Waals surface area (Å²) in [7, 11) is 1.67. The highest BCUT2D eigenvalue weighted by molar-refractivity contribution is 5.25. The molecule has 0 radical (unpaired) electrons. The lowest BCUT2D eigenvalue weighted by Crippen LogP contribution is -2.05. The topological polar surface area (TPSA) is 48.4 Å². The van der Waals surface area contributed by atoms with Crippen molar-refractivity contribution in [1.82, 2.24) is 0 Å². The average molecular weight is 209 g/mol. The van der Waals surface area contributed by atoms with Crippen LogP contribution in [0, 0.1) is 11.3 Å². The van der Waals surface area contributed by atoms with Gasteiger partial charge in [0.15, 0.2) is 0 Å². The van der Waals surface area contributed by atoms with Crippen molar-refractivity contribution >= 4 is 0 Å². The molecule has 1 saturated carbocycles. The van der Waals surface area contributed by atoms with Crippen LogP contribution in [0.15, 0.2) is 16.5 Å². The third-order valence-corrected chi connectivity index (χ3v) is 3.58. The van der Waals surface area contributed by atoms with Crippen LogP contribution in [0.4, 0.5) is 0 Å². The number of furan rings is 1. The van der Waals surface area contributed by atoms with Gasteiger partial charge in [-0.1, -0.05) is 13.8 Å². The maximum atomic E-state index is 5.74. The van der Waals surface area contributed by atoms with Crippen LogP contribution >= 0.6 is 0 Å².